The Hall–Kier alpha value is -2.00. The molecule has 1 N–H and O–H groups in total. The Morgan fingerprint density at radius 3 is 2.27 bits per heavy atom. The van der Waals surface area contributed by atoms with Crippen molar-refractivity contribution in [3.63, 3.8) is 0 Å². The molecule has 22 heavy (non-hydrogen) atoms. The van der Waals surface area contributed by atoms with E-state index in [4.69, 9.17) is 9.47 Å². The molecule has 0 unspecified atom stereocenters. The van der Waals surface area contributed by atoms with Gasteiger partial charge in [0.2, 0.25) is 0 Å². The SMILES string of the molecule is COc1ccc(CCNCCCc2ccccc2)cc1OC. The minimum Gasteiger partial charge on any atom is -0.493 e. The van der Waals surface area contributed by atoms with E-state index < -0.39 is 0 Å². The molecule has 0 aliphatic heterocycles. The van der Waals surface area contributed by atoms with Crippen molar-refractivity contribution in [3.8, 4) is 11.5 Å². The molecule has 0 fully saturated rings. The summed E-state index contributed by atoms with van der Waals surface area (Å²) in [6, 6.07) is 16.7. The van der Waals surface area contributed by atoms with Gasteiger partial charge in [0.1, 0.15) is 0 Å². The lowest BCUT2D eigenvalue weighted by Gasteiger charge is -2.10. The maximum absolute atomic E-state index is 5.33. The molecule has 2 aromatic rings. The first-order chi connectivity index (χ1) is 10.8. The smallest absolute Gasteiger partial charge is 0.160 e. The summed E-state index contributed by atoms with van der Waals surface area (Å²) in [5, 5.41) is 3.50. The second-order valence-corrected chi connectivity index (χ2v) is 5.28. The predicted octanol–water partition coefficient (Wildman–Crippen LogP) is 3.47. The molecule has 118 valence electrons. The molecule has 0 atom stereocenters. The summed E-state index contributed by atoms with van der Waals surface area (Å²) in [5.41, 5.74) is 2.66. The third-order valence-corrected chi connectivity index (χ3v) is 3.70. The Balaban J connectivity index is 1.66. The van der Waals surface area contributed by atoms with Crippen LogP contribution < -0.4 is 14.8 Å². The van der Waals surface area contributed by atoms with Crippen LogP contribution in [0.15, 0.2) is 48.5 Å². The van der Waals surface area contributed by atoms with Gasteiger partial charge in [-0.15, -0.1) is 0 Å². The minimum atomic E-state index is 0.780. The van der Waals surface area contributed by atoms with Crippen molar-refractivity contribution in [1.29, 1.82) is 0 Å². The first-order valence-corrected chi connectivity index (χ1v) is 7.79. The minimum absolute atomic E-state index is 0.780. The molecule has 0 spiro atoms. The van der Waals surface area contributed by atoms with E-state index in [1.54, 1.807) is 14.2 Å². The van der Waals surface area contributed by atoms with Gasteiger partial charge in [0.05, 0.1) is 14.2 Å². The largest absolute Gasteiger partial charge is 0.493 e. The predicted molar refractivity (Wildman–Crippen MR) is 90.9 cm³/mol. The summed E-state index contributed by atoms with van der Waals surface area (Å²) in [5.74, 6) is 1.58. The van der Waals surface area contributed by atoms with Crippen molar-refractivity contribution < 1.29 is 9.47 Å². The van der Waals surface area contributed by atoms with Crippen LogP contribution in [0.5, 0.6) is 11.5 Å². The van der Waals surface area contributed by atoms with Gasteiger partial charge in [-0.1, -0.05) is 36.4 Å². The van der Waals surface area contributed by atoms with E-state index in [9.17, 15) is 0 Å². The third kappa shape index (κ3) is 5.08. The summed E-state index contributed by atoms with van der Waals surface area (Å²) >= 11 is 0. The zero-order chi connectivity index (χ0) is 15.6. The summed E-state index contributed by atoms with van der Waals surface area (Å²) in [6.07, 6.45) is 3.28. The first-order valence-electron chi connectivity index (χ1n) is 7.79. The summed E-state index contributed by atoms with van der Waals surface area (Å²) in [6.45, 7) is 2.02. The van der Waals surface area contributed by atoms with Crippen molar-refractivity contribution in [2.45, 2.75) is 19.3 Å². The zero-order valence-electron chi connectivity index (χ0n) is 13.5. The number of ether oxygens (including phenoxy) is 2. The van der Waals surface area contributed by atoms with Crippen LogP contribution in [-0.2, 0) is 12.8 Å². The molecule has 0 heterocycles. The van der Waals surface area contributed by atoms with E-state index in [-0.39, 0.29) is 0 Å². The first kappa shape index (κ1) is 16.4. The molecule has 0 saturated heterocycles. The number of benzene rings is 2. The van der Waals surface area contributed by atoms with Gasteiger partial charge in [-0.3, -0.25) is 0 Å². The molecule has 0 amide bonds. The van der Waals surface area contributed by atoms with Crippen molar-refractivity contribution in [2.75, 3.05) is 27.3 Å². The molecular formula is C19H25NO2. The molecule has 2 rings (SSSR count). The Labute approximate surface area is 133 Å². The van der Waals surface area contributed by atoms with Crippen LogP contribution in [0.25, 0.3) is 0 Å². The average Bonchev–Trinajstić information content (AvgIpc) is 2.58. The normalized spacial score (nSPS) is 10.5. The van der Waals surface area contributed by atoms with Crippen LogP contribution >= 0.6 is 0 Å². The Bertz CT molecular complexity index is 555. The van der Waals surface area contributed by atoms with Crippen LogP contribution in [0, 0.1) is 0 Å². The van der Waals surface area contributed by atoms with Crippen LogP contribution in [0.1, 0.15) is 17.5 Å². The van der Waals surface area contributed by atoms with Gasteiger partial charge >= 0.3 is 0 Å². The topological polar surface area (TPSA) is 30.5 Å². The number of aryl methyl sites for hydroxylation is 1. The van der Waals surface area contributed by atoms with Gasteiger partial charge in [-0.05, 0) is 55.6 Å². The van der Waals surface area contributed by atoms with Gasteiger partial charge in [0.15, 0.2) is 11.5 Å². The van der Waals surface area contributed by atoms with Crippen LogP contribution in [0.2, 0.25) is 0 Å². The fourth-order valence-electron chi connectivity index (χ4n) is 2.46. The van der Waals surface area contributed by atoms with Gasteiger partial charge in [-0.25, -0.2) is 0 Å². The number of hydrogen-bond acceptors (Lipinski definition) is 3. The number of rotatable bonds is 9. The van der Waals surface area contributed by atoms with Gasteiger partial charge in [0.25, 0.3) is 0 Å². The summed E-state index contributed by atoms with van der Waals surface area (Å²) in [7, 11) is 3.33. The quantitative estimate of drug-likeness (QED) is 0.719. The molecule has 0 aromatic heterocycles. The molecular weight excluding hydrogens is 274 g/mol. The Kier molecular flexibility index (Phi) is 6.78. The van der Waals surface area contributed by atoms with Gasteiger partial charge < -0.3 is 14.8 Å². The fourth-order valence-corrected chi connectivity index (χ4v) is 2.46. The average molecular weight is 299 g/mol. The molecule has 3 heteroatoms. The maximum Gasteiger partial charge on any atom is 0.160 e. The van der Waals surface area contributed by atoms with E-state index >= 15 is 0 Å². The highest BCUT2D eigenvalue weighted by Gasteiger charge is 2.04. The zero-order valence-corrected chi connectivity index (χ0v) is 13.5. The molecule has 0 radical (unpaired) electrons. The van der Waals surface area contributed by atoms with Gasteiger partial charge in [-0.2, -0.15) is 0 Å². The van der Waals surface area contributed by atoms with E-state index in [1.165, 1.54) is 11.1 Å². The highest BCUT2D eigenvalue weighted by Crippen LogP contribution is 2.27. The highest BCUT2D eigenvalue weighted by atomic mass is 16.5. The molecule has 0 saturated carbocycles. The monoisotopic (exact) mass is 299 g/mol. The lowest BCUT2D eigenvalue weighted by Crippen LogP contribution is -2.19. The lowest BCUT2D eigenvalue weighted by atomic mass is 10.1. The van der Waals surface area contributed by atoms with E-state index in [2.05, 4.69) is 41.7 Å². The summed E-state index contributed by atoms with van der Waals surface area (Å²) < 4.78 is 10.6. The van der Waals surface area contributed by atoms with E-state index in [0.29, 0.717) is 0 Å². The standard InChI is InChI=1S/C19H25NO2/c1-21-18-11-10-17(15-19(18)22-2)12-14-20-13-6-9-16-7-4-3-5-8-16/h3-5,7-8,10-11,15,20H,6,9,12-14H2,1-2H3. The number of nitrogens with one attached hydrogen (secondary N) is 1. The van der Waals surface area contributed by atoms with Crippen LogP contribution in [-0.4, -0.2) is 27.3 Å². The van der Waals surface area contributed by atoms with Crippen molar-refractivity contribution in [3.05, 3.63) is 59.7 Å². The maximum atomic E-state index is 5.33. The molecule has 3 nitrogen and oxygen atoms in total. The van der Waals surface area contributed by atoms with Crippen LogP contribution in [0.3, 0.4) is 0 Å². The Morgan fingerprint density at radius 2 is 1.55 bits per heavy atom. The lowest BCUT2D eigenvalue weighted by molar-refractivity contribution is 0.354. The van der Waals surface area contributed by atoms with Crippen LogP contribution in [0.4, 0.5) is 0 Å². The number of hydrogen-bond donors (Lipinski definition) is 1. The van der Waals surface area contributed by atoms with Crippen molar-refractivity contribution in [1.82, 2.24) is 5.32 Å². The van der Waals surface area contributed by atoms with E-state index in [1.807, 2.05) is 12.1 Å². The van der Waals surface area contributed by atoms with Gasteiger partial charge in [0, 0.05) is 0 Å². The Morgan fingerprint density at radius 1 is 0.773 bits per heavy atom. The van der Waals surface area contributed by atoms with Crippen molar-refractivity contribution >= 4 is 0 Å². The van der Waals surface area contributed by atoms with Crippen molar-refractivity contribution in [2.24, 2.45) is 0 Å². The second-order valence-electron chi connectivity index (χ2n) is 5.28. The highest BCUT2D eigenvalue weighted by molar-refractivity contribution is 5.42. The molecule has 0 bridgehead atoms. The van der Waals surface area contributed by atoms with E-state index in [0.717, 1.165) is 43.9 Å². The third-order valence-electron chi connectivity index (χ3n) is 3.70. The number of methoxy groups -OCH3 is 2. The molecule has 0 aliphatic rings. The molecule has 0 aliphatic carbocycles. The molecule has 2 aromatic carbocycles. The fraction of sp³-hybridized carbons (Fsp3) is 0.368. The summed E-state index contributed by atoms with van der Waals surface area (Å²) in [4.78, 5) is 0. The second kappa shape index (κ2) is 9.11.